The normalized spacial score (nSPS) is 14.9. The zero-order chi connectivity index (χ0) is 21.8. The number of carbonyl (C=O) groups excluding carboxylic acids is 1. The second kappa shape index (κ2) is 9.56. The average molecular weight is 468 g/mol. The number of thioether (sulfide) groups is 1. The Morgan fingerprint density at radius 2 is 1.84 bits per heavy atom. The summed E-state index contributed by atoms with van der Waals surface area (Å²) in [7, 11) is 1.59. The molecule has 3 aromatic carbocycles. The highest BCUT2D eigenvalue weighted by Crippen LogP contribution is 2.37. The van der Waals surface area contributed by atoms with E-state index in [2.05, 4.69) is 0 Å². The molecule has 0 aliphatic carbocycles. The van der Waals surface area contributed by atoms with Gasteiger partial charge in [0.25, 0.3) is 5.91 Å². The second-order valence-electron chi connectivity index (χ2n) is 6.68. The fourth-order valence-corrected chi connectivity index (χ4v) is 4.57. The molecule has 1 aliphatic rings. The van der Waals surface area contributed by atoms with Gasteiger partial charge in [0.1, 0.15) is 6.61 Å². The number of anilines is 1. The number of carbonyl (C=O) groups is 1. The minimum Gasteiger partial charge on any atom is -0.493 e. The first-order chi connectivity index (χ1) is 15.0. The molecule has 0 spiro atoms. The molecular weight excluding hydrogens is 450 g/mol. The Kier molecular flexibility index (Phi) is 6.61. The van der Waals surface area contributed by atoms with Crippen molar-refractivity contribution in [3.63, 3.8) is 0 Å². The maximum absolute atomic E-state index is 13.0. The molecule has 1 amide bonds. The highest BCUT2D eigenvalue weighted by Gasteiger charge is 2.33. The highest BCUT2D eigenvalue weighted by molar-refractivity contribution is 8.27. The minimum atomic E-state index is -0.180. The maximum Gasteiger partial charge on any atom is 0.270 e. The molecule has 1 fully saturated rings. The average Bonchev–Trinajstić information content (AvgIpc) is 3.06. The van der Waals surface area contributed by atoms with Gasteiger partial charge in [0.15, 0.2) is 15.8 Å². The van der Waals surface area contributed by atoms with E-state index in [9.17, 15) is 4.79 Å². The Morgan fingerprint density at radius 3 is 2.58 bits per heavy atom. The fourth-order valence-electron chi connectivity index (χ4n) is 3.09. The quantitative estimate of drug-likeness (QED) is 0.312. The summed E-state index contributed by atoms with van der Waals surface area (Å²) in [6.07, 6.45) is 1.80. The van der Waals surface area contributed by atoms with Crippen molar-refractivity contribution >= 4 is 57.6 Å². The first-order valence-electron chi connectivity index (χ1n) is 9.43. The standard InChI is InChI=1S/C24H18ClNO3S2/c1-28-21-12-17(10-11-20(21)29-15-16-6-3-2-4-7-16)13-22-23(27)26(24(30)31-22)19-9-5-8-18(25)14-19/h2-14H,15H2,1H3/b22-13-. The van der Waals surface area contributed by atoms with Gasteiger partial charge in [0.2, 0.25) is 0 Å². The van der Waals surface area contributed by atoms with Crippen LogP contribution in [0, 0.1) is 0 Å². The third-order valence-electron chi connectivity index (χ3n) is 4.58. The van der Waals surface area contributed by atoms with E-state index >= 15 is 0 Å². The minimum absolute atomic E-state index is 0.180. The van der Waals surface area contributed by atoms with E-state index in [0.29, 0.717) is 38.0 Å². The van der Waals surface area contributed by atoms with Crippen molar-refractivity contribution in [1.29, 1.82) is 0 Å². The largest absolute Gasteiger partial charge is 0.493 e. The summed E-state index contributed by atoms with van der Waals surface area (Å²) in [6.45, 7) is 0.439. The predicted molar refractivity (Wildman–Crippen MR) is 131 cm³/mol. The van der Waals surface area contributed by atoms with Crippen LogP contribution in [0.3, 0.4) is 0 Å². The van der Waals surface area contributed by atoms with E-state index in [1.54, 1.807) is 31.4 Å². The summed E-state index contributed by atoms with van der Waals surface area (Å²) < 4.78 is 11.9. The lowest BCUT2D eigenvalue weighted by atomic mass is 10.1. The Morgan fingerprint density at radius 1 is 1.03 bits per heavy atom. The Hall–Kier alpha value is -2.80. The monoisotopic (exact) mass is 467 g/mol. The molecule has 7 heteroatoms. The van der Waals surface area contributed by atoms with Crippen molar-refractivity contribution in [3.05, 3.63) is 93.9 Å². The summed E-state index contributed by atoms with van der Waals surface area (Å²) in [6, 6.07) is 22.5. The number of amides is 1. The lowest BCUT2D eigenvalue weighted by Crippen LogP contribution is -2.27. The van der Waals surface area contributed by atoms with Crippen LogP contribution in [0.25, 0.3) is 6.08 Å². The molecular formula is C24H18ClNO3S2. The first-order valence-corrected chi connectivity index (χ1v) is 11.0. The third kappa shape index (κ3) is 4.93. The van der Waals surface area contributed by atoms with Crippen molar-refractivity contribution in [3.8, 4) is 11.5 Å². The molecule has 4 rings (SSSR count). The molecule has 0 unspecified atom stereocenters. The van der Waals surface area contributed by atoms with E-state index in [4.69, 9.17) is 33.3 Å². The van der Waals surface area contributed by atoms with E-state index in [1.165, 1.54) is 16.7 Å². The van der Waals surface area contributed by atoms with Crippen molar-refractivity contribution in [1.82, 2.24) is 0 Å². The number of benzene rings is 3. The number of nitrogens with zero attached hydrogens (tertiary/aromatic N) is 1. The molecule has 0 saturated carbocycles. The topological polar surface area (TPSA) is 38.8 Å². The van der Waals surface area contributed by atoms with Crippen molar-refractivity contribution in [2.45, 2.75) is 6.61 Å². The molecule has 1 saturated heterocycles. The molecule has 0 radical (unpaired) electrons. The lowest BCUT2D eigenvalue weighted by molar-refractivity contribution is -0.113. The number of methoxy groups -OCH3 is 1. The van der Waals surface area contributed by atoms with Crippen LogP contribution in [0.1, 0.15) is 11.1 Å². The number of rotatable bonds is 6. The van der Waals surface area contributed by atoms with Gasteiger partial charge in [-0.3, -0.25) is 9.69 Å². The predicted octanol–water partition coefficient (Wildman–Crippen LogP) is 6.33. The molecule has 31 heavy (non-hydrogen) atoms. The summed E-state index contributed by atoms with van der Waals surface area (Å²) >= 11 is 12.8. The smallest absolute Gasteiger partial charge is 0.270 e. The number of hydrogen-bond acceptors (Lipinski definition) is 5. The lowest BCUT2D eigenvalue weighted by Gasteiger charge is -2.14. The van der Waals surface area contributed by atoms with E-state index in [-0.39, 0.29) is 5.91 Å². The second-order valence-corrected chi connectivity index (χ2v) is 8.79. The van der Waals surface area contributed by atoms with Gasteiger partial charge in [-0.2, -0.15) is 0 Å². The molecule has 1 heterocycles. The van der Waals surface area contributed by atoms with Crippen LogP contribution in [-0.4, -0.2) is 17.3 Å². The molecule has 3 aromatic rings. The van der Waals surface area contributed by atoms with Gasteiger partial charge in [-0.1, -0.05) is 78.0 Å². The molecule has 0 atom stereocenters. The van der Waals surface area contributed by atoms with E-state index in [0.717, 1.165) is 11.1 Å². The third-order valence-corrected chi connectivity index (χ3v) is 6.12. The highest BCUT2D eigenvalue weighted by atomic mass is 35.5. The first kappa shape index (κ1) is 21.4. The van der Waals surface area contributed by atoms with E-state index < -0.39 is 0 Å². The van der Waals surface area contributed by atoms with Crippen molar-refractivity contribution < 1.29 is 14.3 Å². The van der Waals surface area contributed by atoms with Crippen LogP contribution in [-0.2, 0) is 11.4 Å². The Labute approximate surface area is 195 Å². The Bertz CT molecular complexity index is 1160. The van der Waals surface area contributed by atoms with Crippen molar-refractivity contribution in [2.75, 3.05) is 12.0 Å². The SMILES string of the molecule is COc1cc(/C=C2\SC(=S)N(c3cccc(Cl)c3)C2=O)ccc1OCc1ccccc1. The van der Waals surface area contributed by atoms with Crippen LogP contribution in [0.5, 0.6) is 11.5 Å². The molecule has 0 aromatic heterocycles. The van der Waals surface area contributed by atoms with Crippen LogP contribution >= 0.6 is 35.6 Å². The summed E-state index contributed by atoms with van der Waals surface area (Å²) in [5.74, 6) is 1.05. The maximum atomic E-state index is 13.0. The molecule has 4 nitrogen and oxygen atoms in total. The summed E-state index contributed by atoms with van der Waals surface area (Å²) in [5, 5.41) is 0.548. The Balaban J connectivity index is 1.54. The molecule has 0 bridgehead atoms. The van der Waals surface area contributed by atoms with Crippen LogP contribution in [0.4, 0.5) is 5.69 Å². The zero-order valence-electron chi connectivity index (χ0n) is 16.6. The van der Waals surface area contributed by atoms with Gasteiger partial charge < -0.3 is 9.47 Å². The number of hydrogen-bond donors (Lipinski definition) is 0. The van der Waals surface area contributed by atoms with Gasteiger partial charge in [0, 0.05) is 5.02 Å². The van der Waals surface area contributed by atoms with Crippen molar-refractivity contribution in [2.24, 2.45) is 0 Å². The van der Waals surface area contributed by atoms with Crippen LogP contribution in [0.2, 0.25) is 5.02 Å². The molecule has 156 valence electrons. The number of thiocarbonyl (C=S) groups is 1. The number of halogens is 1. The van der Waals surface area contributed by atoms with Crippen LogP contribution < -0.4 is 14.4 Å². The molecule has 1 aliphatic heterocycles. The number of ether oxygens (including phenoxy) is 2. The van der Waals surface area contributed by atoms with Gasteiger partial charge in [-0.05, 0) is 47.5 Å². The van der Waals surface area contributed by atoms with Crippen LogP contribution in [0.15, 0.2) is 77.7 Å². The fraction of sp³-hybridized carbons (Fsp3) is 0.0833. The van der Waals surface area contributed by atoms with Gasteiger partial charge in [0.05, 0.1) is 17.7 Å². The summed E-state index contributed by atoms with van der Waals surface area (Å²) in [4.78, 5) is 15.0. The van der Waals surface area contributed by atoms with Gasteiger partial charge >= 0.3 is 0 Å². The van der Waals surface area contributed by atoms with Gasteiger partial charge in [-0.15, -0.1) is 0 Å². The van der Waals surface area contributed by atoms with E-state index in [1.807, 2.05) is 54.6 Å². The zero-order valence-corrected chi connectivity index (χ0v) is 19.0. The molecule has 0 N–H and O–H groups in total. The van der Waals surface area contributed by atoms with Gasteiger partial charge in [-0.25, -0.2) is 0 Å². The summed E-state index contributed by atoms with van der Waals surface area (Å²) in [5.41, 5.74) is 2.54.